The van der Waals surface area contributed by atoms with Gasteiger partial charge < -0.3 is 15.0 Å². The number of piperidine rings is 1. The summed E-state index contributed by atoms with van der Waals surface area (Å²) in [7, 11) is 1.35. The van der Waals surface area contributed by atoms with E-state index in [9.17, 15) is 9.59 Å². The van der Waals surface area contributed by atoms with E-state index in [-0.39, 0.29) is 11.9 Å². The van der Waals surface area contributed by atoms with Crippen molar-refractivity contribution >= 4 is 17.6 Å². The monoisotopic (exact) mass is 380 g/mol. The third-order valence-electron chi connectivity index (χ3n) is 5.32. The van der Waals surface area contributed by atoms with Gasteiger partial charge in [-0.2, -0.15) is 0 Å². The van der Waals surface area contributed by atoms with Crippen molar-refractivity contribution in [2.45, 2.75) is 25.7 Å². The van der Waals surface area contributed by atoms with Gasteiger partial charge in [0.15, 0.2) is 0 Å². The molecule has 2 aromatic rings. The highest BCUT2D eigenvalue weighted by molar-refractivity contribution is 5.93. The molecule has 1 saturated heterocycles. The molecule has 1 amide bonds. The lowest BCUT2D eigenvalue weighted by Gasteiger charge is -2.31. The fraction of sp³-hybridized carbons (Fsp3) is 0.391. The standard InChI is InChI=1S/C23H28N2O3/c1-28-23(27)20-7-9-21(10-8-20)24-22(26)13-16-25-14-11-19(12-15-25)17-18-5-3-2-4-6-18/h2-10,19H,11-17H2,1H3,(H,24,26). The summed E-state index contributed by atoms with van der Waals surface area (Å²) < 4.78 is 4.67. The van der Waals surface area contributed by atoms with E-state index in [2.05, 4.69) is 45.3 Å². The predicted molar refractivity (Wildman–Crippen MR) is 110 cm³/mol. The molecule has 1 fully saturated rings. The van der Waals surface area contributed by atoms with Crippen LogP contribution in [-0.4, -0.2) is 43.5 Å². The third kappa shape index (κ3) is 5.92. The minimum Gasteiger partial charge on any atom is -0.465 e. The molecule has 1 heterocycles. The maximum atomic E-state index is 12.2. The van der Waals surface area contributed by atoms with Crippen LogP contribution < -0.4 is 5.32 Å². The topological polar surface area (TPSA) is 58.6 Å². The fourth-order valence-corrected chi connectivity index (χ4v) is 3.65. The number of likely N-dealkylation sites (tertiary alicyclic amines) is 1. The molecule has 0 radical (unpaired) electrons. The Morgan fingerprint density at radius 3 is 2.36 bits per heavy atom. The van der Waals surface area contributed by atoms with Crippen molar-refractivity contribution in [1.29, 1.82) is 0 Å². The van der Waals surface area contributed by atoms with Crippen molar-refractivity contribution in [2.75, 3.05) is 32.1 Å². The molecule has 0 bridgehead atoms. The number of ether oxygens (including phenoxy) is 1. The molecule has 0 aliphatic carbocycles. The normalized spacial score (nSPS) is 15.2. The Balaban J connectivity index is 1.37. The molecule has 5 heteroatoms. The first-order valence-corrected chi connectivity index (χ1v) is 9.88. The fourth-order valence-electron chi connectivity index (χ4n) is 3.65. The SMILES string of the molecule is COC(=O)c1ccc(NC(=O)CCN2CCC(Cc3ccccc3)CC2)cc1. The highest BCUT2D eigenvalue weighted by atomic mass is 16.5. The van der Waals surface area contributed by atoms with E-state index >= 15 is 0 Å². The highest BCUT2D eigenvalue weighted by Crippen LogP contribution is 2.21. The van der Waals surface area contributed by atoms with Gasteiger partial charge in [-0.25, -0.2) is 4.79 Å². The second-order valence-electron chi connectivity index (χ2n) is 7.34. The lowest BCUT2D eigenvalue weighted by atomic mass is 9.90. The van der Waals surface area contributed by atoms with Gasteiger partial charge >= 0.3 is 5.97 Å². The minimum atomic E-state index is -0.381. The molecule has 1 aliphatic rings. The molecule has 0 spiro atoms. The molecule has 3 rings (SSSR count). The van der Waals surface area contributed by atoms with Gasteiger partial charge in [-0.1, -0.05) is 30.3 Å². The second kappa shape index (κ2) is 10.0. The van der Waals surface area contributed by atoms with Crippen LogP contribution in [0.25, 0.3) is 0 Å². The third-order valence-corrected chi connectivity index (χ3v) is 5.32. The zero-order valence-corrected chi connectivity index (χ0v) is 16.4. The molecule has 28 heavy (non-hydrogen) atoms. The summed E-state index contributed by atoms with van der Waals surface area (Å²) in [4.78, 5) is 26.0. The Labute approximate surface area is 166 Å². The van der Waals surface area contributed by atoms with Crippen LogP contribution in [-0.2, 0) is 16.0 Å². The van der Waals surface area contributed by atoms with E-state index in [1.165, 1.54) is 25.5 Å². The van der Waals surface area contributed by atoms with Gasteiger partial charge in [-0.15, -0.1) is 0 Å². The van der Waals surface area contributed by atoms with E-state index in [0.717, 1.165) is 32.0 Å². The van der Waals surface area contributed by atoms with Crippen LogP contribution >= 0.6 is 0 Å². The van der Waals surface area contributed by atoms with Gasteiger partial charge in [0.05, 0.1) is 12.7 Å². The molecular formula is C23H28N2O3. The molecule has 0 saturated carbocycles. The van der Waals surface area contributed by atoms with Crippen molar-refractivity contribution in [2.24, 2.45) is 5.92 Å². The largest absolute Gasteiger partial charge is 0.465 e. The number of carbonyl (C=O) groups excluding carboxylic acids is 2. The van der Waals surface area contributed by atoms with E-state index < -0.39 is 0 Å². The van der Waals surface area contributed by atoms with Crippen LogP contribution in [0.2, 0.25) is 0 Å². The quantitative estimate of drug-likeness (QED) is 0.743. The number of anilines is 1. The molecule has 1 aliphatic heterocycles. The second-order valence-corrected chi connectivity index (χ2v) is 7.34. The summed E-state index contributed by atoms with van der Waals surface area (Å²) in [5.41, 5.74) is 2.58. The summed E-state index contributed by atoms with van der Waals surface area (Å²) in [6.45, 7) is 2.89. The number of esters is 1. The Bertz CT molecular complexity index is 766. The van der Waals surface area contributed by atoms with Gasteiger partial charge in [0.25, 0.3) is 0 Å². The van der Waals surface area contributed by atoms with Crippen LogP contribution in [0.15, 0.2) is 54.6 Å². The smallest absolute Gasteiger partial charge is 0.337 e. The van der Waals surface area contributed by atoms with Crippen molar-refractivity contribution < 1.29 is 14.3 Å². The van der Waals surface area contributed by atoms with Gasteiger partial charge in [0.2, 0.25) is 5.91 Å². The summed E-state index contributed by atoms with van der Waals surface area (Å²) in [6, 6.07) is 17.4. The minimum absolute atomic E-state index is 0.00257. The average Bonchev–Trinajstić information content (AvgIpc) is 2.74. The molecule has 2 aromatic carbocycles. The number of methoxy groups -OCH3 is 1. The van der Waals surface area contributed by atoms with Crippen LogP contribution in [0.1, 0.15) is 35.2 Å². The van der Waals surface area contributed by atoms with Gasteiger partial charge in [0, 0.05) is 18.7 Å². The summed E-state index contributed by atoms with van der Waals surface area (Å²) >= 11 is 0. The lowest BCUT2D eigenvalue weighted by molar-refractivity contribution is -0.116. The van der Waals surface area contributed by atoms with Crippen LogP contribution in [0.4, 0.5) is 5.69 Å². The summed E-state index contributed by atoms with van der Waals surface area (Å²) in [5, 5.41) is 2.89. The van der Waals surface area contributed by atoms with Crippen molar-refractivity contribution in [3.8, 4) is 0 Å². The predicted octanol–water partition coefficient (Wildman–Crippen LogP) is 3.76. The van der Waals surface area contributed by atoms with Crippen molar-refractivity contribution in [3.63, 3.8) is 0 Å². The van der Waals surface area contributed by atoms with Crippen molar-refractivity contribution in [1.82, 2.24) is 4.90 Å². The Morgan fingerprint density at radius 2 is 1.71 bits per heavy atom. The summed E-state index contributed by atoms with van der Waals surface area (Å²) in [6.07, 6.45) is 4.00. The first-order chi connectivity index (χ1) is 13.6. The van der Waals surface area contributed by atoms with Crippen LogP contribution in [0, 0.1) is 5.92 Å². The Morgan fingerprint density at radius 1 is 1.04 bits per heavy atom. The van der Waals surface area contributed by atoms with E-state index in [1.54, 1.807) is 24.3 Å². The average molecular weight is 380 g/mol. The number of hydrogen-bond acceptors (Lipinski definition) is 4. The van der Waals surface area contributed by atoms with Crippen molar-refractivity contribution in [3.05, 3.63) is 65.7 Å². The maximum absolute atomic E-state index is 12.2. The number of benzene rings is 2. The summed E-state index contributed by atoms with van der Waals surface area (Å²) in [5.74, 6) is 0.353. The van der Waals surface area contributed by atoms with Gasteiger partial charge in [-0.05, 0) is 68.1 Å². The molecule has 148 valence electrons. The number of carbonyl (C=O) groups is 2. The van der Waals surface area contributed by atoms with Gasteiger partial charge in [0.1, 0.15) is 0 Å². The molecular weight excluding hydrogens is 352 g/mol. The zero-order chi connectivity index (χ0) is 19.8. The van der Waals surface area contributed by atoms with Gasteiger partial charge in [-0.3, -0.25) is 4.79 Å². The number of nitrogens with one attached hydrogen (secondary N) is 1. The molecule has 0 atom stereocenters. The zero-order valence-electron chi connectivity index (χ0n) is 16.4. The first-order valence-electron chi connectivity index (χ1n) is 9.88. The number of hydrogen-bond donors (Lipinski definition) is 1. The van der Waals surface area contributed by atoms with E-state index in [4.69, 9.17) is 0 Å². The van der Waals surface area contributed by atoms with E-state index in [0.29, 0.717) is 17.7 Å². The number of rotatable bonds is 7. The van der Waals surface area contributed by atoms with Crippen LogP contribution in [0.3, 0.4) is 0 Å². The van der Waals surface area contributed by atoms with E-state index in [1.807, 2.05) is 0 Å². The number of amides is 1. The Kier molecular flexibility index (Phi) is 7.20. The van der Waals surface area contributed by atoms with Crippen LogP contribution in [0.5, 0.6) is 0 Å². The molecule has 1 N–H and O–H groups in total. The lowest BCUT2D eigenvalue weighted by Crippen LogP contribution is -2.36. The molecule has 5 nitrogen and oxygen atoms in total. The maximum Gasteiger partial charge on any atom is 0.337 e. The molecule has 0 unspecified atom stereocenters. The highest BCUT2D eigenvalue weighted by Gasteiger charge is 2.19. The molecule has 0 aromatic heterocycles. The number of nitrogens with zero attached hydrogens (tertiary/aromatic N) is 1. The Hall–Kier alpha value is -2.66. The first kappa shape index (κ1) is 20.1.